The molecule has 0 N–H and O–H groups in total. The molecule has 6 heteroatoms. The second-order valence-electron chi connectivity index (χ2n) is 1.02. The van der Waals surface area contributed by atoms with E-state index < -0.39 is 11.2 Å². The summed E-state index contributed by atoms with van der Waals surface area (Å²) in [5.41, 5.74) is 0. The number of nitro groups is 1. The molecule has 0 bridgehead atoms. The molecule has 0 amide bonds. The first-order valence-electron chi connectivity index (χ1n) is 1.75. The predicted molar refractivity (Wildman–Crippen MR) is 23.6 cm³/mol. The van der Waals surface area contributed by atoms with E-state index in [1.165, 1.54) is 0 Å². The molecule has 41 valence electrons. The van der Waals surface area contributed by atoms with Crippen LogP contribution in [0.3, 0.4) is 0 Å². The molecule has 0 fully saturated rings. The molecule has 0 saturated heterocycles. The van der Waals surface area contributed by atoms with Gasteiger partial charge in [-0.3, -0.25) is 10.1 Å². The highest BCUT2D eigenvalue weighted by Crippen LogP contribution is 2.08. The van der Waals surface area contributed by atoms with E-state index in [2.05, 4.69) is 15.2 Å². The van der Waals surface area contributed by atoms with E-state index in [0.717, 1.165) is 6.34 Å². The minimum absolute atomic E-state index is 0.454. The molecule has 0 aromatic heterocycles. The lowest BCUT2D eigenvalue weighted by Crippen LogP contribution is -2.00. The minimum atomic E-state index is -0.701. The summed E-state index contributed by atoms with van der Waals surface area (Å²) in [7, 11) is 0. The Morgan fingerprint density at radius 2 is 2.50 bits per heavy atom. The van der Waals surface area contributed by atoms with Crippen LogP contribution >= 0.6 is 0 Å². The summed E-state index contributed by atoms with van der Waals surface area (Å²) in [6.45, 7) is 0. The molecular formula is C2HN4O2. The predicted octanol–water partition coefficient (Wildman–Crippen LogP) is 0.204. The van der Waals surface area contributed by atoms with Gasteiger partial charge in [-0.1, -0.05) is 5.11 Å². The summed E-state index contributed by atoms with van der Waals surface area (Å²) in [6.07, 6.45) is 0.572. The Hall–Kier alpha value is -1.33. The molecule has 0 aromatic carbocycles. The molecule has 1 rings (SSSR count). The zero-order chi connectivity index (χ0) is 5.98. The fraction of sp³-hybridized carbons (Fsp3) is 0. The summed E-state index contributed by atoms with van der Waals surface area (Å²) in [4.78, 5) is 12.2. The first-order chi connectivity index (χ1) is 3.80. The van der Waals surface area contributed by atoms with Crippen molar-refractivity contribution in [3.8, 4) is 0 Å². The third-order valence-electron chi connectivity index (χ3n) is 0.535. The number of nitrogens with zero attached hydrogens (tertiary/aromatic N) is 4. The highest BCUT2D eigenvalue weighted by molar-refractivity contribution is 5.57. The van der Waals surface area contributed by atoms with Crippen LogP contribution in [0, 0.1) is 16.4 Å². The Bertz CT molecular complexity index is 149. The molecule has 6 nitrogen and oxygen atoms in total. The molecule has 8 heavy (non-hydrogen) atoms. The molecule has 0 unspecified atom stereocenters. The van der Waals surface area contributed by atoms with Crippen LogP contribution in [-0.2, 0) is 0 Å². The van der Waals surface area contributed by atoms with Gasteiger partial charge < -0.3 is 0 Å². The first kappa shape index (κ1) is 4.82. The quantitative estimate of drug-likeness (QED) is 0.359. The maximum absolute atomic E-state index is 9.70. The van der Waals surface area contributed by atoms with Gasteiger partial charge in [0.15, 0.2) is 0 Å². The van der Waals surface area contributed by atoms with Gasteiger partial charge in [0.1, 0.15) is 6.34 Å². The van der Waals surface area contributed by atoms with Crippen LogP contribution < -0.4 is 0 Å². The van der Waals surface area contributed by atoms with Crippen molar-refractivity contribution in [2.24, 2.45) is 15.2 Å². The minimum Gasteiger partial charge on any atom is -0.260 e. The summed E-state index contributed by atoms with van der Waals surface area (Å²) in [5, 5.41) is 15.9. The van der Waals surface area contributed by atoms with E-state index in [1.807, 2.05) is 0 Å². The fourth-order valence-electron chi connectivity index (χ4n) is 0.264. The van der Waals surface area contributed by atoms with Gasteiger partial charge in [-0.2, -0.15) is 4.99 Å². The van der Waals surface area contributed by atoms with Gasteiger partial charge in [0, 0.05) is 0 Å². The smallest absolute Gasteiger partial charge is 0.260 e. The lowest BCUT2D eigenvalue weighted by molar-refractivity contribution is -0.465. The second-order valence-corrected chi connectivity index (χ2v) is 1.02. The summed E-state index contributed by atoms with van der Waals surface area (Å²) in [5.74, 6) is 0. The standard InChI is InChI=1S/C2HN4O2/c7-6(8)2-3-1-4-5-2/h1H. The Balaban J connectivity index is 2.62. The highest BCUT2D eigenvalue weighted by Gasteiger charge is 2.23. The van der Waals surface area contributed by atoms with E-state index in [0.29, 0.717) is 0 Å². The van der Waals surface area contributed by atoms with Crippen LogP contribution in [0.4, 0.5) is 0 Å². The van der Waals surface area contributed by atoms with Gasteiger partial charge in [0.25, 0.3) is 0 Å². The van der Waals surface area contributed by atoms with Gasteiger partial charge in [0.05, 0.1) is 4.92 Å². The monoisotopic (exact) mass is 113 g/mol. The van der Waals surface area contributed by atoms with E-state index in [1.54, 1.807) is 0 Å². The Morgan fingerprint density at radius 1 is 1.75 bits per heavy atom. The van der Waals surface area contributed by atoms with Crippen molar-refractivity contribution in [1.82, 2.24) is 0 Å². The van der Waals surface area contributed by atoms with Crippen molar-refractivity contribution >= 4 is 6.34 Å². The fourth-order valence-corrected chi connectivity index (χ4v) is 0.264. The molecule has 0 saturated carbocycles. The zero-order valence-corrected chi connectivity index (χ0v) is 3.68. The molecule has 1 aliphatic heterocycles. The maximum atomic E-state index is 9.70. The number of hydrogen-bond donors (Lipinski definition) is 0. The Labute approximate surface area is 44.1 Å². The third-order valence-corrected chi connectivity index (χ3v) is 0.535. The van der Waals surface area contributed by atoms with Crippen molar-refractivity contribution in [2.75, 3.05) is 0 Å². The van der Waals surface area contributed by atoms with Gasteiger partial charge in [-0.15, -0.1) is 5.11 Å². The molecule has 0 aromatic rings. The Morgan fingerprint density at radius 3 is 2.75 bits per heavy atom. The van der Waals surface area contributed by atoms with Gasteiger partial charge in [-0.05, 0) is 0 Å². The van der Waals surface area contributed by atoms with Crippen LogP contribution in [0.25, 0.3) is 0 Å². The molecular weight excluding hydrogens is 112 g/mol. The van der Waals surface area contributed by atoms with Crippen molar-refractivity contribution in [1.29, 1.82) is 0 Å². The Kier molecular flexibility index (Phi) is 0.991. The van der Waals surface area contributed by atoms with E-state index in [4.69, 9.17) is 0 Å². The SMILES string of the molecule is O=[N+]([O-])[C]1N=CN=N1. The van der Waals surface area contributed by atoms with E-state index >= 15 is 0 Å². The average Bonchev–Trinajstić information content (AvgIpc) is 2.12. The number of azo groups is 1. The van der Waals surface area contributed by atoms with Crippen LogP contribution in [0.1, 0.15) is 0 Å². The number of rotatable bonds is 1. The van der Waals surface area contributed by atoms with Gasteiger partial charge in [0.2, 0.25) is 0 Å². The lowest BCUT2D eigenvalue weighted by atomic mass is 10.9. The second kappa shape index (κ2) is 1.65. The van der Waals surface area contributed by atoms with Gasteiger partial charge >= 0.3 is 6.29 Å². The average molecular weight is 113 g/mol. The molecule has 0 spiro atoms. The van der Waals surface area contributed by atoms with Crippen molar-refractivity contribution in [3.63, 3.8) is 0 Å². The van der Waals surface area contributed by atoms with E-state index in [-0.39, 0.29) is 0 Å². The molecule has 1 radical (unpaired) electrons. The summed E-state index contributed by atoms with van der Waals surface area (Å²) >= 11 is 0. The van der Waals surface area contributed by atoms with E-state index in [9.17, 15) is 10.1 Å². The van der Waals surface area contributed by atoms with Gasteiger partial charge in [-0.25, -0.2) is 0 Å². The summed E-state index contributed by atoms with van der Waals surface area (Å²) in [6, 6.07) is 0. The zero-order valence-electron chi connectivity index (χ0n) is 3.68. The first-order valence-corrected chi connectivity index (χ1v) is 1.75. The molecule has 1 aliphatic rings. The van der Waals surface area contributed by atoms with Crippen LogP contribution in [-0.4, -0.2) is 11.3 Å². The van der Waals surface area contributed by atoms with Crippen molar-refractivity contribution in [2.45, 2.75) is 0 Å². The topological polar surface area (TPSA) is 80.2 Å². The summed E-state index contributed by atoms with van der Waals surface area (Å²) < 4.78 is 0. The van der Waals surface area contributed by atoms with Crippen LogP contribution in [0.15, 0.2) is 15.2 Å². The van der Waals surface area contributed by atoms with Crippen molar-refractivity contribution < 1.29 is 4.92 Å². The normalized spacial score (nSPS) is 17.5. The van der Waals surface area contributed by atoms with Crippen LogP contribution in [0.2, 0.25) is 0 Å². The molecule has 0 atom stereocenters. The number of aliphatic imine (C=N–C) groups is 1. The van der Waals surface area contributed by atoms with Crippen LogP contribution in [0.5, 0.6) is 0 Å². The lowest BCUT2D eigenvalue weighted by Gasteiger charge is -1.82. The highest BCUT2D eigenvalue weighted by atomic mass is 16.6. The molecule has 0 aliphatic carbocycles. The molecule has 1 heterocycles. The largest absolute Gasteiger partial charge is 0.548 e. The third kappa shape index (κ3) is 0.673. The number of hydrogen-bond acceptors (Lipinski definition) is 5. The maximum Gasteiger partial charge on any atom is 0.548 e. The van der Waals surface area contributed by atoms with Crippen molar-refractivity contribution in [3.05, 3.63) is 16.4 Å².